The molecule has 2 rings (SSSR count). The van der Waals surface area contributed by atoms with E-state index in [-0.39, 0.29) is 11.8 Å². The molecule has 0 saturated carbocycles. The number of pyridine rings is 1. The lowest BCUT2D eigenvalue weighted by molar-refractivity contribution is -0.216. The first-order chi connectivity index (χ1) is 8.29. The summed E-state index contributed by atoms with van der Waals surface area (Å²) in [4.78, 5) is 23.9. The number of carbonyl (C=O) groups excluding carboxylic acids is 1. The number of hydrogen-bond donors (Lipinski definition) is 0. The SMILES string of the molecule is COOC(=O)c1cc(OC2CCSC2)ccn1. The Morgan fingerprint density at radius 3 is 3.18 bits per heavy atom. The van der Waals surface area contributed by atoms with Gasteiger partial charge in [-0.2, -0.15) is 16.6 Å². The van der Waals surface area contributed by atoms with Crippen molar-refractivity contribution in [3.05, 3.63) is 24.0 Å². The third kappa shape index (κ3) is 3.34. The highest BCUT2D eigenvalue weighted by Crippen LogP contribution is 2.23. The zero-order valence-corrected chi connectivity index (χ0v) is 10.2. The number of nitrogens with zero attached hydrogens (tertiary/aromatic N) is 1. The van der Waals surface area contributed by atoms with E-state index in [4.69, 9.17) is 4.74 Å². The molecule has 2 heterocycles. The second kappa shape index (κ2) is 5.88. The van der Waals surface area contributed by atoms with E-state index in [0.717, 1.165) is 17.9 Å². The first kappa shape index (κ1) is 12.2. The van der Waals surface area contributed by atoms with Gasteiger partial charge >= 0.3 is 5.97 Å². The van der Waals surface area contributed by atoms with Crippen LogP contribution >= 0.6 is 11.8 Å². The summed E-state index contributed by atoms with van der Waals surface area (Å²) in [5, 5.41) is 0. The standard InChI is InChI=1S/C11H13NO4S/c1-14-16-11(13)10-6-8(2-4-12-10)15-9-3-5-17-7-9/h2,4,6,9H,3,5,7H2,1H3. The molecule has 1 fully saturated rings. The molecule has 6 heteroatoms. The number of aromatic nitrogens is 1. The van der Waals surface area contributed by atoms with Gasteiger partial charge in [0.2, 0.25) is 0 Å². The topological polar surface area (TPSA) is 57.7 Å². The summed E-state index contributed by atoms with van der Waals surface area (Å²) in [6.07, 6.45) is 2.77. The van der Waals surface area contributed by atoms with Crippen molar-refractivity contribution in [1.29, 1.82) is 0 Å². The fourth-order valence-electron chi connectivity index (χ4n) is 1.51. The van der Waals surface area contributed by atoms with E-state index in [2.05, 4.69) is 14.8 Å². The summed E-state index contributed by atoms with van der Waals surface area (Å²) in [5.74, 6) is 2.11. The molecule has 17 heavy (non-hydrogen) atoms. The smallest absolute Gasteiger partial charge is 0.391 e. The average Bonchev–Trinajstić information content (AvgIpc) is 2.82. The Kier molecular flexibility index (Phi) is 4.22. The molecule has 1 atom stereocenters. The molecule has 1 aromatic rings. The summed E-state index contributed by atoms with van der Waals surface area (Å²) in [5.41, 5.74) is 0.176. The molecule has 0 aliphatic carbocycles. The van der Waals surface area contributed by atoms with Gasteiger partial charge in [0.1, 0.15) is 11.9 Å². The van der Waals surface area contributed by atoms with Crippen molar-refractivity contribution < 1.29 is 19.3 Å². The molecule has 1 unspecified atom stereocenters. The minimum atomic E-state index is -0.626. The fraction of sp³-hybridized carbons (Fsp3) is 0.455. The summed E-state index contributed by atoms with van der Waals surface area (Å²) in [6, 6.07) is 3.29. The lowest BCUT2D eigenvalue weighted by atomic mass is 10.3. The van der Waals surface area contributed by atoms with Crippen LogP contribution in [0.2, 0.25) is 0 Å². The van der Waals surface area contributed by atoms with Gasteiger partial charge < -0.3 is 4.74 Å². The molecule has 0 bridgehead atoms. The quantitative estimate of drug-likeness (QED) is 0.602. The molecule has 5 nitrogen and oxygen atoms in total. The lowest BCUT2D eigenvalue weighted by Crippen LogP contribution is -2.15. The van der Waals surface area contributed by atoms with E-state index in [0.29, 0.717) is 5.75 Å². The Labute approximate surface area is 103 Å². The van der Waals surface area contributed by atoms with Crippen molar-refractivity contribution >= 4 is 17.7 Å². The highest BCUT2D eigenvalue weighted by molar-refractivity contribution is 7.99. The normalized spacial score (nSPS) is 19.0. The van der Waals surface area contributed by atoms with E-state index in [1.807, 2.05) is 11.8 Å². The number of thioether (sulfide) groups is 1. The van der Waals surface area contributed by atoms with Gasteiger partial charge in [-0.05, 0) is 18.2 Å². The van der Waals surface area contributed by atoms with Gasteiger partial charge in [-0.15, -0.1) is 0 Å². The van der Waals surface area contributed by atoms with Gasteiger partial charge in [-0.25, -0.2) is 9.78 Å². The number of ether oxygens (including phenoxy) is 1. The van der Waals surface area contributed by atoms with E-state index in [1.165, 1.54) is 13.3 Å². The van der Waals surface area contributed by atoms with Crippen LogP contribution in [0, 0.1) is 0 Å². The molecule has 1 aliphatic rings. The second-order valence-corrected chi connectivity index (χ2v) is 4.67. The molecule has 0 aromatic carbocycles. The van der Waals surface area contributed by atoms with Crippen molar-refractivity contribution in [2.45, 2.75) is 12.5 Å². The minimum Gasteiger partial charge on any atom is -0.489 e. The number of carbonyl (C=O) groups is 1. The maximum absolute atomic E-state index is 11.4. The third-order valence-corrected chi connectivity index (χ3v) is 3.42. The van der Waals surface area contributed by atoms with Gasteiger partial charge in [0.05, 0.1) is 7.11 Å². The fourth-order valence-corrected chi connectivity index (χ4v) is 2.61. The molecular formula is C11H13NO4S. The van der Waals surface area contributed by atoms with Crippen molar-refractivity contribution in [3.8, 4) is 5.75 Å². The second-order valence-electron chi connectivity index (χ2n) is 3.52. The lowest BCUT2D eigenvalue weighted by Gasteiger charge is -2.12. The average molecular weight is 255 g/mol. The van der Waals surface area contributed by atoms with Crippen LogP contribution in [-0.2, 0) is 9.78 Å². The monoisotopic (exact) mass is 255 g/mol. The number of hydrogen-bond acceptors (Lipinski definition) is 6. The van der Waals surface area contributed by atoms with E-state index in [1.54, 1.807) is 12.1 Å². The van der Waals surface area contributed by atoms with Gasteiger partial charge in [0.25, 0.3) is 0 Å². The van der Waals surface area contributed by atoms with Crippen molar-refractivity contribution in [2.24, 2.45) is 0 Å². The largest absolute Gasteiger partial charge is 0.489 e. The third-order valence-electron chi connectivity index (χ3n) is 2.29. The molecule has 0 spiro atoms. The molecule has 1 saturated heterocycles. The Hall–Kier alpha value is -1.27. The maximum atomic E-state index is 11.4. The maximum Gasteiger partial charge on any atom is 0.391 e. The number of rotatable bonds is 4. The van der Waals surface area contributed by atoms with Crippen LogP contribution in [0.3, 0.4) is 0 Å². The predicted octanol–water partition coefficient (Wildman–Crippen LogP) is 1.68. The molecule has 0 radical (unpaired) electrons. The van der Waals surface area contributed by atoms with Crippen LogP contribution in [0.5, 0.6) is 5.75 Å². The highest BCUT2D eigenvalue weighted by atomic mass is 32.2. The molecule has 92 valence electrons. The zero-order valence-electron chi connectivity index (χ0n) is 9.42. The zero-order chi connectivity index (χ0) is 12.1. The summed E-state index contributed by atoms with van der Waals surface area (Å²) in [7, 11) is 1.27. The molecule has 0 N–H and O–H groups in total. The van der Waals surface area contributed by atoms with Crippen LogP contribution in [0.25, 0.3) is 0 Å². The van der Waals surface area contributed by atoms with Crippen molar-refractivity contribution in [3.63, 3.8) is 0 Å². The summed E-state index contributed by atoms with van der Waals surface area (Å²) in [6.45, 7) is 0. The van der Waals surface area contributed by atoms with E-state index >= 15 is 0 Å². The van der Waals surface area contributed by atoms with Crippen molar-refractivity contribution in [1.82, 2.24) is 4.98 Å². The molecule has 0 amide bonds. The minimum absolute atomic E-state index is 0.176. The Morgan fingerprint density at radius 1 is 1.59 bits per heavy atom. The predicted molar refractivity (Wildman–Crippen MR) is 63.0 cm³/mol. The van der Waals surface area contributed by atoms with Gasteiger partial charge in [-0.1, -0.05) is 0 Å². The first-order valence-corrected chi connectivity index (χ1v) is 6.40. The summed E-state index contributed by atoms with van der Waals surface area (Å²) >= 11 is 1.87. The Bertz CT molecular complexity index is 393. The van der Waals surface area contributed by atoms with Crippen LogP contribution < -0.4 is 4.74 Å². The van der Waals surface area contributed by atoms with E-state index < -0.39 is 5.97 Å². The Morgan fingerprint density at radius 2 is 2.47 bits per heavy atom. The summed E-state index contributed by atoms with van der Waals surface area (Å²) < 4.78 is 5.73. The van der Waals surface area contributed by atoms with Gasteiger partial charge in [0.15, 0.2) is 5.69 Å². The Balaban J connectivity index is 2.02. The van der Waals surface area contributed by atoms with Crippen LogP contribution in [0.1, 0.15) is 16.9 Å². The van der Waals surface area contributed by atoms with Crippen LogP contribution in [-0.4, -0.2) is 35.7 Å². The molecule has 1 aliphatic heterocycles. The molecular weight excluding hydrogens is 242 g/mol. The first-order valence-electron chi connectivity index (χ1n) is 5.25. The molecule has 1 aromatic heterocycles. The van der Waals surface area contributed by atoms with Crippen molar-refractivity contribution in [2.75, 3.05) is 18.6 Å². The van der Waals surface area contributed by atoms with Crippen LogP contribution in [0.15, 0.2) is 18.3 Å². The van der Waals surface area contributed by atoms with Crippen LogP contribution in [0.4, 0.5) is 0 Å². The van der Waals surface area contributed by atoms with Gasteiger partial charge in [-0.3, -0.25) is 4.89 Å². The van der Waals surface area contributed by atoms with Gasteiger partial charge in [0, 0.05) is 18.0 Å². The van der Waals surface area contributed by atoms with E-state index in [9.17, 15) is 4.79 Å². The highest BCUT2D eigenvalue weighted by Gasteiger charge is 2.18.